The van der Waals surface area contributed by atoms with Crippen LogP contribution in [-0.4, -0.2) is 10.8 Å². The topological polar surface area (TPSA) is 85.4 Å². The second-order valence-corrected chi connectivity index (χ2v) is 5.58. The predicted octanol–water partition coefficient (Wildman–Crippen LogP) is 3.76. The second-order valence-electron chi connectivity index (χ2n) is 5.58. The Morgan fingerprint density at radius 1 is 1.21 bits per heavy atom. The van der Waals surface area contributed by atoms with E-state index in [2.05, 4.69) is 5.32 Å². The SMILES string of the molecule is C[C@@H](NC(=O)Cc1ccc([N+](=O)[O-])cc1)c1cc2ccccc2o1. The molecular weight excluding hydrogens is 308 g/mol. The highest BCUT2D eigenvalue weighted by Crippen LogP contribution is 2.23. The van der Waals surface area contributed by atoms with Crippen molar-refractivity contribution in [2.24, 2.45) is 0 Å². The molecule has 6 heteroatoms. The number of rotatable bonds is 5. The zero-order valence-corrected chi connectivity index (χ0v) is 13.1. The molecule has 0 unspecified atom stereocenters. The number of nitrogens with zero attached hydrogens (tertiary/aromatic N) is 1. The van der Waals surface area contributed by atoms with Gasteiger partial charge < -0.3 is 9.73 Å². The van der Waals surface area contributed by atoms with Crippen molar-refractivity contribution in [2.45, 2.75) is 19.4 Å². The van der Waals surface area contributed by atoms with E-state index in [0.717, 1.165) is 16.5 Å². The van der Waals surface area contributed by atoms with Crippen molar-refractivity contribution >= 4 is 22.6 Å². The number of nitro benzene ring substituents is 1. The lowest BCUT2D eigenvalue weighted by Crippen LogP contribution is -2.27. The van der Waals surface area contributed by atoms with Crippen molar-refractivity contribution in [3.8, 4) is 0 Å². The molecule has 0 saturated heterocycles. The number of carbonyl (C=O) groups excluding carboxylic acids is 1. The fourth-order valence-corrected chi connectivity index (χ4v) is 2.50. The normalized spacial score (nSPS) is 12.0. The van der Waals surface area contributed by atoms with Crippen molar-refractivity contribution in [3.05, 3.63) is 76.0 Å². The molecule has 0 bridgehead atoms. The van der Waals surface area contributed by atoms with Gasteiger partial charge >= 0.3 is 0 Å². The van der Waals surface area contributed by atoms with Crippen molar-refractivity contribution < 1.29 is 14.1 Å². The van der Waals surface area contributed by atoms with Gasteiger partial charge in [0.1, 0.15) is 11.3 Å². The van der Waals surface area contributed by atoms with E-state index in [4.69, 9.17) is 4.42 Å². The van der Waals surface area contributed by atoms with E-state index < -0.39 is 4.92 Å². The fourth-order valence-electron chi connectivity index (χ4n) is 2.50. The summed E-state index contributed by atoms with van der Waals surface area (Å²) in [7, 11) is 0. The Morgan fingerprint density at radius 3 is 2.58 bits per heavy atom. The molecule has 1 atom stereocenters. The number of hydrogen-bond acceptors (Lipinski definition) is 4. The quantitative estimate of drug-likeness (QED) is 0.572. The first-order valence-electron chi connectivity index (χ1n) is 7.54. The maximum atomic E-state index is 12.1. The Balaban J connectivity index is 1.64. The maximum Gasteiger partial charge on any atom is 0.269 e. The third-order valence-electron chi connectivity index (χ3n) is 3.76. The van der Waals surface area contributed by atoms with Crippen molar-refractivity contribution in [2.75, 3.05) is 0 Å². The Bertz CT molecular complexity index is 850. The predicted molar refractivity (Wildman–Crippen MR) is 89.6 cm³/mol. The minimum absolute atomic E-state index is 0.00908. The zero-order chi connectivity index (χ0) is 17.1. The number of hydrogen-bond donors (Lipinski definition) is 1. The Morgan fingerprint density at radius 2 is 1.92 bits per heavy atom. The van der Waals surface area contributed by atoms with Crippen LogP contribution in [0.25, 0.3) is 11.0 Å². The van der Waals surface area contributed by atoms with Crippen molar-refractivity contribution in [3.63, 3.8) is 0 Å². The van der Waals surface area contributed by atoms with Crippen molar-refractivity contribution in [1.82, 2.24) is 5.32 Å². The number of fused-ring (bicyclic) bond motifs is 1. The molecule has 122 valence electrons. The molecule has 0 radical (unpaired) electrons. The average Bonchev–Trinajstić information content (AvgIpc) is 2.99. The van der Waals surface area contributed by atoms with E-state index >= 15 is 0 Å². The summed E-state index contributed by atoms with van der Waals surface area (Å²) < 4.78 is 5.73. The lowest BCUT2D eigenvalue weighted by molar-refractivity contribution is -0.384. The lowest BCUT2D eigenvalue weighted by Gasteiger charge is -2.11. The largest absolute Gasteiger partial charge is 0.459 e. The average molecular weight is 324 g/mol. The van der Waals surface area contributed by atoms with Crippen LogP contribution in [-0.2, 0) is 11.2 Å². The Kier molecular flexibility index (Phi) is 4.29. The third-order valence-corrected chi connectivity index (χ3v) is 3.76. The van der Waals surface area contributed by atoms with Gasteiger partial charge in [0.15, 0.2) is 0 Å². The lowest BCUT2D eigenvalue weighted by atomic mass is 10.1. The molecule has 1 amide bonds. The van der Waals surface area contributed by atoms with Gasteiger partial charge in [0.2, 0.25) is 5.91 Å². The van der Waals surface area contributed by atoms with Crippen LogP contribution in [0, 0.1) is 10.1 Å². The van der Waals surface area contributed by atoms with E-state index in [1.807, 2.05) is 37.3 Å². The first-order chi connectivity index (χ1) is 11.5. The molecule has 1 aromatic heterocycles. The van der Waals surface area contributed by atoms with Gasteiger partial charge in [-0.15, -0.1) is 0 Å². The molecule has 0 aliphatic carbocycles. The van der Waals surface area contributed by atoms with Crippen LogP contribution in [0.3, 0.4) is 0 Å². The van der Waals surface area contributed by atoms with Gasteiger partial charge in [0.05, 0.1) is 17.4 Å². The van der Waals surface area contributed by atoms with Crippen molar-refractivity contribution in [1.29, 1.82) is 0 Å². The van der Waals surface area contributed by atoms with Crippen LogP contribution >= 0.6 is 0 Å². The number of carbonyl (C=O) groups is 1. The minimum atomic E-state index is -0.465. The van der Waals surface area contributed by atoms with Crippen LogP contribution in [0.2, 0.25) is 0 Å². The summed E-state index contributed by atoms with van der Waals surface area (Å²) in [6.07, 6.45) is 0.155. The van der Waals surface area contributed by atoms with E-state index in [-0.39, 0.29) is 24.1 Å². The van der Waals surface area contributed by atoms with Gasteiger partial charge in [-0.05, 0) is 24.6 Å². The van der Waals surface area contributed by atoms with E-state index in [0.29, 0.717) is 5.76 Å². The zero-order valence-electron chi connectivity index (χ0n) is 13.1. The Labute approximate surface area is 138 Å². The molecular formula is C18H16N2O4. The van der Waals surface area contributed by atoms with Gasteiger partial charge in [-0.25, -0.2) is 0 Å². The first kappa shape index (κ1) is 15.7. The number of nitrogens with one attached hydrogen (secondary N) is 1. The molecule has 6 nitrogen and oxygen atoms in total. The molecule has 2 aromatic carbocycles. The van der Waals surface area contributed by atoms with Crippen LogP contribution in [0.5, 0.6) is 0 Å². The van der Waals surface area contributed by atoms with E-state index in [9.17, 15) is 14.9 Å². The van der Waals surface area contributed by atoms with E-state index in [1.165, 1.54) is 12.1 Å². The molecule has 0 saturated carbocycles. The highest BCUT2D eigenvalue weighted by Gasteiger charge is 2.15. The molecule has 0 fully saturated rings. The molecule has 0 aliphatic heterocycles. The van der Waals surface area contributed by atoms with Crippen LogP contribution < -0.4 is 5.32 Å². The summed E-state index contributed by atoms with van der Waals surface area (Å²) in [5, 5.41) is 14.5. The Hall–Kier alpha value is -3.15. The summed E-state index contributed by atoms with van der Waals surface area (Å²) in [5.41, 5.74) is 1.51. The maximum absolute atomic E-state index is 12.1. The number of nitro groups is 1. The number of amides is 1. The standard InChI is InChI=1S/C18H16N2O4/c1-12(17-11-14-4-2-3-5-16(14)24-17)19-18(21)10-13-6-8-15(9-7-13)20(22)23/h2-9,11-12H,10H2,1H3,(H,19,21)/t12-/m1/s1. The molecule has 3 aromatic rings. The summed E-state index contributed by atoms with van der Waals surface area (Å²) in [6, 6.07) is 15.3. The molecule has 3 rings (SSSR count). The fraction of sp³-hybridized carbons (Fsp3) is 0.167. The molecule has 24 heavy (non-hydrogen) atoms. The van der Waals surface area contributed by atoms with Crippen LogP contribution in [0.15, 0.2) is 59.0 Å². The summed E-state index contributed by atoms with van der Waals surface area (Å²) in [6.45, 7) is 1.85. The van der Waals surface area contributed by atoms with Crippen LogP contribution in [0.1, 0.15) is 24.3 Å². The second kappa shape index (κ2) is 6.54. The summed E-state index contributed by atoms with van der Waals surface area (Å²) in [4.78, 5) is 22.3. The molecule has 0 spiro atoms. The van der Waals surface area contributed by atoms with Gasteiger partial charge in [0.25, 0.3) is 5.69 Å². The van der Waals surface area contributed by atoms with E-state index in [1.54, 1.807) is 12.1 Å². The summed E-state index contributed by atoms with van der Waals surface area (Å²) in [5.74, 6) is 0.519. The highest BCUT2D eigenvalue weighted by atomic mass is 16.6. The first-order valence-corrected chi connectivity index (χ1v) is 7.54. The molecule has 0 aliphatic rings. The smallest absolute Gasteiger partial charge is 0.269 e. The minimum Gasteiger partial charge on any atom is -0.459 e. The highest BCUT2D eigenvalue weighted by molar-refractivity contribution is 5.80. The number of furan rings is 1. The van der Waals surface area contributed by atoms with Gasteiger partial charge in [-0.3, -0.25) is 14.9 Å². The number of non-ortho nitro benzene ring substituents is 1. The van der Waals surface area contributed by atoms with Gasteiger partial charge in [-0.2, -0.15) is 0 Å². The third kappa shape index (κ3) is 3.43. The monoisotopic (exact) mass is 324 g/mol. The molecule has 1 N–H and O–H groups in total. The van der Waals surface area contributed by atoms with Crippen LogP contribution in [0.4, 0.5) is 5.69 Å². The molecule has 1 heterocycles. The number of para-hydroxylation sites is 1. The van der Waals surface area contributed by atoms with Gasteiger partial charge in [-0.1, -0.05) is 30.3 Å². The summed E-state index contributed by atoms with van der Waals surface area (Å²) >= 11 is 0. The number of benzene rings is 2. The van der Waals surface area contributed by atoms with Gasteiger partial charge in [0, 0.05) is 17.5 Å².